The van der Waals surface area contributed by atoms with Gasteiger partial charge in [-0.1, -0.05) is 36.4 Å². The standard InChI is InChI=1S/C22H22O2/c1-13-5-3-4-6-18(13)15-8-7-14(2)19(12-15)20-21(23)16-9-10-17(11-16)22(20)24/h3-8,12,16-17,23H,9-11H2,1-2H3/t16-,17+/m1/s1. The summed E-state index contributed by atoms with van der Waals surface area (Å²) < 4.78 is 0. The molecule has 122 valence electrons. The van der Waals surface area contributed by atoms with Gasteiger partial charge in [0, 0.05) is 11.8 Å². The SMILES string of the molecule is Cc1ccc(-c2ccccc2C)cc1C1=C(O)[C@@H]2CC[C@@H](C2)C1=O. The quantitative estimate of drug-likeness (QED) is 0.822. The Morgan fingerprint density at radius 3 is 2.42 bits per heavy atom. The molecule has 24 heavy (non-hydrogen) atoms. The van der Waals surface area contributed by atoms with Crippen LogP contribution in [0.4, 0.5) is 0 Å². The van der Waals surface area contributed by atoms with Crippen LogP contribution >= 0.6 is 0 Å². The lowest BCUT2D eigenvalue weighted by atomic mass is 9.81. The van der Waals surface area contributed by atoms with Gasteiger partial charge < -0.3 is 5.11 Å². The lowest BCUT2D eigenvalue weighted by Crippen LogP contribution is -2.21. The van der Waals surface area contributed by atoms with Crippen LogP contribution in [0.2, 0.25) is 0 Å². The molecule has 4 rings (SSSR count). The van der Waals surface area contributed by atoms with Crippen LogP contribution in [0.25, 0.3) is 16.7 Å². The summed E-state index contributed by atoms with van der Waals surface area (Å²) in [6, 6.07) is 14.5. The van der Waals surface area contributed by atoms with Gasteiger partial charge in [0.05, 0.1) is 5.57 Å². The topological polar surface area (TPSA) is 37.3 Å². The Bertz CT molecular complexity index is 860. The van der Waals surface area contributed by atoms with Crippen LogP contribution in [0.1, 0.15) is 36.0 Å². The minimum Gasteiger partial charge on any atom is -0.511 e. The lowest BCUT2D eigenvalue weighted by molar-refractivity contribution is -0.117. The van der Waals surface area contributed by atoms with Crippen molar-refractivity contribution in [3.05, 3.63) is 64.9 Å². The van der Waals surface area contributed by atoms with E-state index in [0.29, 0.717) is 11.3 Å². The lowest BCUT2D eigenvalue weighted by Gasteiger charge is -2.23. The van der Waals surface area contributed by atoms with E-state index in [0.717, 1.165) is 36.0 Å². The molecule has 0 unspecified atom stereocenters. The molecule has 2 heteroatoms. The minimum atomic E-state index is 0.0995. The van der Waals surface area contributed by atoms with Crippen molar-refractivity contribution in [1.82, 2.24) is 0 Å². The van der Waals surface area contributed by atoms with Gasteiger partial charge in [-0.15, -0.1) is 0 Å². The van der Waals surface area contributed by atoms with Crippen molar-refractivity contribution in [2.24, 2.45) is 11.8 Å². The molecule has 1 fully saturated rings. The molecule has 0 aliphatic heterocycles. The molecule has 0 heterocycles. The van der Waals surface area contributed by atoms with Gasteiger partial charge in [-0.25, -0.2) is 0 Å². The number of hydrogen-bond acceptors (Lipinski definition) is 2. The van der Waals surface area contributed by atoms with E-state index >= 15 is 0 Å². The van der Waals surface area contributed by atoms with E-state index in [1.54, 1.807) is 0 Å². The van der Waals surface area contributed by atoms with E-state index in [9.17, 15) is 9.90 Å². The number of fused-ring (bicyclic) bond motifs is 2. The Kier molecular flexibility index (Phi) is 3.56. The fourth-order valence-electron chi connectivity index (χ4n) is 4.23. The Balaban J connectivity index is 1.87. The summed E-state index contributed by atoms with van der Waals surface area (Å²) in [5.41, 5.74) is 5.99. The van der Waals surface area contributed by atoms with E-state index in [1.807, 2.05) is 19.1 Å². The smallest absolute Gasteiger partial charge is 0.169 e. The van der Waals surface area contributed by atoms with Gasteiger partial charge in [-0.2, -0.15) is 0 Å². The molecule has 0 saturated heterocycles. The van der Waals surface area contributed by atoms with Crippen molar-refractivity contribution in [1.29, 1.82) is 0 Å². The second kappa shape index (κ2) is 5.62. The van der Waals surface area contributed by atoms with Crippen molar-refractivity contribution >= 4 is 11.4 Å². The van der Waals surface area contributed by atoms with Crippen LogP contribution < -0.4 is 0 Å². The maximum atomic E-state index is 12.8. The number of benzene rings is 2. The highest BCUT2D eigenvalue weighted by molar-refractivity contribution is 6.23. The summed E-state index contributed by atoms with van der Waals surface area (Å²) in [6.45, 7) is 4.11. The van der Waals surface area contributed by atoms with Crippen LogP contribution in [0.3, 0.4) is 0 Å². The number of carbonyl (C=O) groups excluding carboxylic acids is 1. The van der Waals surface area contributed by atoms with Gasteiger partial charge in [-0.05, 0) is 67.0 Å². The molecule has 2 aliphatic carbocycles. The third kappa shape index (κ3) is 2.29. The summed E-state index contributed by atoms with van der Waals surface area (Å²) in [4.78, 5) is 12.8. The number of ketones is 1. The van der Waals surface area contributed by atoms with Crippen molar-refractivity contribution in [2.45, 2.75) is 33.1 Å². The second-order valence-corrected chi connectivity index (χ2v) is 7.18. The van der Waals surface area contributed by atoms with Crippen molar-refractivity contribution < 1.29 is 9.90 Å². The molecule has 0 radical (unpaired) electrons. The summed E-state index contributed by atoms with van der Waals surface area (Å²) in [6.07, 6.45) is 2.67. The van der Waals surface area contributed by atoms with E-state index < -0.39 is 0 Å². The average Bonchev–Trinajstić information content (AvgIpc) is 3.03. The zero-order valence-corrected chi connectivity index (χ0v) is 14.2. The number of carbonyl (C=O) groups is 1. The van der Waals surface area contributed by atoms with Crippen molar-refractivity contribution in [2.75, 3.05) is 0 Å². The minimum absolute atomic E-state index is 0.0995. The van der Waals surface area contributed by atoms with Gasteiger partial charge in [0.2, 0.25) is 0 Å². The molecule has 2 aromatic rings. The Labute approximate surface area is 142 Å². The van der Waals surface area contributed by atoms with Crippen molar-refractivity contribution in [3.63, 3.8) is 0 Å². The molecular weight excluding hydrogens is 296 g/mol. The maximum Gasteiger partial charge on any atom is 0.169 e. The number of hydrogen-bond donors (Lipinski definition) is 1. The predicted octanol–water partition coefficient (Wildman–Crippen LogP) is 5.24. The normalized spacial score (nSPS) is 23.0. The van der Waals surface area contributed by atoms with Crippen LogP contribution in [0, 0.1) is 25.7 Å². The highest BCUT2D eigenvalue weighted by Crippen LogP contribution is 2.46. The van der Waals surface area contributed by atoms with E-state index in [2.05, 4.69) is 37.3 Å². The molecule has 2 aromatic carbocycles. The Hall–Kier alpha value is -2.35. The van der Waals surface area contributed by atoms with Gasteiger partial charge in [-0.3, -0.25) is 4.79 Å². The number of aliphatic hydroxyl groups excluding tert-OH is 1. The highest BCUT2D eigenvalue weighted by atomic mass is 16.3. The molecule has 0 spiro atoms. The molecule has 2 nitrogen and oxygen atoms in total. The first-order valence-corrected chi connectivity index (χ1v) is 8.70. The first-order chi connectivity index (χ1) is 11.6. The number of aryl methyl sites for hydroxylation is 2. The molecular formula is C22H22O2. The Morgan fingerprint density at radius 2 is 1.62 bits per heavy atom. The summed E-state index contributed by atoms with van der Waals surface area (Å²) in [5.74, 6) is 0.719. The molecule has 2 atom stereocenters. The van der Waals surface area contributed by atoms with Gasteiger partial charge in [0.15, 0.2) is 5.78 Å². The molecule has 2 aliphatic rings. The molecule has 2 bridgehead atoms. The van der Waals surface area contributed by atoms with E-state index in [4.69, 9.17) is 0 Å². The second-order valence-electron chi connectivity index (χ2n) is 7.18. The summed E-state index contributed by atoms with van der Waals surface area (Å²) in [5, 5.41) is 10.7. The molecule has 0 aromatic heterocycles. The zero-order chi connectivity index (χ0) is 16.8. The zero-order valence-electron chi connectivity index (χ0n) is 14.2. The predicted molar refractivity (Wildman–Crippen MR) is 96.7 cm³/mol. The fraction of sp³-hybridized carbons (Fsp3) is 0.318. The number of allylic oxidation sites excluding steroid dienone is 2. The molecule has 0 amide bonds. The summed E-state index contributed by atoms with van der Waals surface area (Å²) >= 11 is 0. The number of rotatable bonds is 2. The third-order valence-electron chi connectivity index (χ3n) is 5.66. The average molecular weight is 318 g/mol. The maximum absolute atomic E-state index is 12.8. The largest absolute Gasteiger partial charge is 0.511 e. The van der Waals surface area contributed by atoms with Crippen LogP contribution in [-0.2, 0) is 4.79 Å². The number of aliphatic hydroxyl groups is 1. The van der Waals surface area contributed by atoms with Gasteiger partial charge in [0.25, 0.3) is 0 Å². The van der Waals surface area contributed by atoms with Crippen molar-refractivity contribution in [3.8, 4) is 11.1 Å². The monoisotopic (exact) mass is 318 g/mol. The summed E-state index contributed by atoms with van der Waals surface area (Å²) in [7, 11) is 0. The first-order valence-electron chi connectivity index (χ1n) is 8.70. The van der Waals surface area contributed by atoms with E-state index in [-0.39, 0.29) is 17.6 Å². The molecule has 1 N–H and O–H groups in total. The third-order valence-corrected chi connectivity index (χ3v) is 5.66. The van der Waals surface area contributed by atoms with E-state index in [1.165, 1.54) is 11.1 Å². The van der Waals surface area contributed by atoms with Crippen LogP contribution in [0.15, 0.2) is 48.2 Å². The highest BCUT2D eigenvalue weighted by Gasteiger charge is 2.41. The van der Waals surface area contributed by atoms with Gasteiger partial charge in [0.1, 0.15) is 5.76 Å². The fourth-order valence-corrected chi connectivity index (χ4v) is 4.23. The Morgan fingerprint density at radius 1 is 0.917 bits per heavy atom. The van der Waals surface area contributed by atoms with Crippen LogP contribution in [-0.4, -0.2) is 10.9 Å². The van der Waals surface area contributed by atoms with Crippen LogP contribution in [0.5, 0.6) is 0 Å². The molecule has 1 saturated carbocycles. The van der Waals surface area contributed by atoms with Gasteiger partial charge >= 0.3 is 0 Å². The first kappa shape index (κ1) is 15.2. The number of Topliss-reactive ketones (excluding diaryl/α,β-unsaturated/α-hetero) is 1.